The molecule has 0 spiro atoms. The second kappa shape index (κ2) is 6.99. The first kappa shape index (κ1) is 18.2. The Hall–Kier alpha value is -3.55. The first-order chi connectivity index (χ1) is 12.8. The third-order valence-corrected chi connectivity index (χ3v) is 4.36. The summed E-state index contributed by atoms with van der Waals surface area (Å²) < 4.78 is 10.7. The largest absolute Gasteiger partial charge is 0.493 e. The van der Waals surface area contributed by atoms with Crippen LogP contribution in [0, 0.1) is 17.0 Å². The molecule has 0 atom stereocenters. The van der Waals surface area contributed by atoms with Crippen LogP contribution in [0.5, 0.6) is 11.5 Å². The lowest BCUT2D eigenvalue weighted by atomic mass is 10.0. The minimum absolute atomic E-state index is 0.0190. The minimum Gasteiger partial charge on any atom is -0.493 e. The van der Waals surface area contributed by atoms with Crippen LogP contribution in [0.2, 0.25) is 0 Å². The molecule has 2 N–H and O–H groups in total. The number of methoxy groups -OCH3 is 2. The second-order valence-electron chi connectivity index (χ2n) is 6.05. The van der Waals surface area contributed by atoms with Crippen LogP contribution in [0.25, 0.3) is 22.2 Å². The van der Waals surface area contributed by atoms with Gasteiger partial charge in [0.25, 0.3) is 5.69 Å². The molecule has 2 aromatic carbocycles. The molecule has 0 aliphatic carbocycles. The Morgan fingerprint density at radius 3 is 2.41 bits per heavy atom. The number of aromatic amines is 1. The second-order valence-corrected chi connectivity index (χ2v) is 6.05. The van der Waals surface area contributed by atoms with Gasteiger partial charge in [-0.15, -0.1) is 0 Å². The number of amides is 1. The molecular formula is C19H19N3O5. The highest BCUT2D eigenvalue weighted by molar-refractivity contribution is 5.99. The predicted molar refractivity (Wildman–Crippen MR) is 103 cm³/mol. The smallest absolute Gasteiger partial charge is 0.270 e. The van der Waals surface area contributed by atoms with Gasteiger partial charge in [0, 0.05) is 41.6 Å². The van der Waals surface area contributed by atoms with Gasteiger partial charge in [0.15, 0.2) is 11.5 Å². The van der Waals surface area contributed by atoms with Gasteiger partial charge in [0.1, 0.15) is 0 Å². The van der Waals surface area contributed by atoms with Crippen molar-refractivity contribution in [3.63, 3.8) is 0 Å². The normalized spacial score (nSPS) is 10.7. The van der Waals surface area contributed by atoms with E-state index < -0.39 is 4.92 Å². The first-order valence-corrected chi connectivity index (χ1v) is 8.16. The number of nitrogens with one attached hydrogen (secondary N) is 2. The average Bonchev–Trinajstić information content (AvgIpc) is 2.96. The van der Waals surface area contributed by atoms with E-state index in [4.69, 9.17) is 9.47 Å². The van der Waals surface area contributed by atoms with Crippen LogP contribution >= 0.6 is 0 Å². The van der Waals surface area contributed by atoms with E-state index in [0.29, 0.717) is 22.7 Å². The van der Waals surface area contributed by atoms with E-state index >= 15 is 0 Å². The maximum atomic E-state index is 11.7. The van der Waals surface area contributed by atoms with Gasteiger partial charge in [-0.1, -0.05) is 0 Å². The summed E-state index contributed by atoms with van der Waals surface area (Å²) in [7, 11) is 3.05. The highest BCUT2D eigenvalue weighted by Gasteiger charge is 2.19. The van der Waals surface area contributed by atoms with Crippen molar-refractivity contribution in [2.75, 3.05) is 19.5 Å². The number of anilines is 1. The zero-order valence-corrected chi connectivity index (χ0v) is 15.4. The maximum Gasteiger partial charge on any atom is 0.270 e. The summed E-state index contributed by atoms with van der Waals surface area (Å²) in [4.78, 5) is 25.6. The molecule has 3 rings (SSSR count). The number of nitro benzene ring substituents is 1. The van der Waals surface area contributed by atoms with Crippen molar-refractivity contribution < 1.29 is 19.2 Å². The molecule has 8 heteroatoms. The Kier molecular flexibility index (Phi) is 4.72. The molecule has 8 nitrogen and oxygen atoms in total. The molecule has 0 saturated heterocycles. The number of H-pyrrole nitrogens is 1. The van der Waals surface area contributed by atoms with Crippen LogP contribution in [-0.2, 0) is 4.79 Å². The number of nitrogens with zero attached hydrogens (tertiary/aromatic N) is 1. The molecule has 1 amide bonds. The van der Waals surface area contributed by atoms with Crippen LogP contribution in [0.15, 0.2) is 30.3 Å². The Balaban J connectivity index is 2.26. The molecular weight excluding hydrogens is 350 g/mol. The third kappa shape index (κ3) is 3.29. The number of aryl methyl sites for hydroxylation is 1. The van der Waals surface area contributed by atoms with E-state index in [1.165, 1.54) is 33.3 Å². The van der Waals surface area contributed by atoms with E-state index in [-0.39, 0.29) is 11.6 Å². The number of fused-ring (bicyclic) bond motifs is 1. The zero-order chi connectivity index (χ0) is 19.7. The molecule has 0 aliphatic heterocycles. The number of hydrogen-bond donors (Lipinski definition) is 2. The summed E-state index contributed by atoms with van der Waals surface area (Å²) >= 11 is 0. The average molecular weight is 369 g/mol. The topological polar surface area (TPSA) is 106 Å². The van der Waals surface area contributed by atoms with Gasteiger partial charge in [0.2, 0.25) is 5.91 Å². The maximum absolute atomic E-state index is 11.7. The van der Waals surface area contributed by atoms with E-state index in [0.717, 1.165) is 22.2 Å². The van der Waals surface area contributed by atoms with Crippen LogP contribution in [0.4, 0.5) is 11.4 Å². The number of ether oxygens (including phenoxy) is 2. The van der Waals surface area contributed by atoms with Crippen LogP contribution in [-0.4, -0.2) is 30.0 Å². The lowest BCUT2D eigenvalue weighted by Crippen LogP contribution is -2.08. The molecule has 0 unspecified atom stereocenters. The molecule has 0 saturated carbocycles. The van der Waals surface area contributed by atoms with Crippen LogP contribution in [0.1, 0.15) is 12.5 Å². The van der Waals surface area contributed by atoms with Gasteiger partial charge in [-0.05, 0) is 24.6 Å². The minimum atomic E-state index is -0.426. The Morgan fingerprint density at radius 2 is 1.81 bits per heavy atom. The van der Waals surface area contributed by atoms with Crippen molar-refractivity contribution in [1.82, 2.24) is 4.98 Å². The molecule has 0 aliphatic rings. The number of non-ortho nitro benzene ring substituents is 1. The molecule has 0 bridgehead atoms. The van der Waals surface area contributed by atoms with E-state index in [1.54, 1.807) is 18.2 Å². The van der Waals surface area contributed by atoms with Gasteiger partial charge in [0.05, 0.1) is 30.5 Å². The van der Waals surface area contributed by atoms with Gasteiger partial charge in [-0.25, -0.2) is 0 Å². The van der Waals surface area contributed by atoms with Gasteiger partial charge in [-0.3, -0.25) is 14.9 Å². The Morgan fingerprint density at radius 1 is 1.15 bits per heavy atom. The first-order valence-electron chi connectivity index (χ1n) is 8.16. The molecule has 140 valence electrons. The SMILES string of the molecule is COc1cc(NC(C)=O)c(-c2[nH]c3ccc([N+](=O)[O-])cc3c2C)cc1OC. The Bertz CT molecular complexity index is 1060. The lowest BCUT2D eigenvalue weighted by Gasteiger charge is -2.15. The van der Waals surface area contributed by atoms with Crippen LogP contribution < -0.4 is 14.8 Å². The summed E-state index contributed by atoms with van der Waals surface area (Å²) in [6.45, 7) is 3.29. The molecule has 27 heavy (non-hydrogen) atoms. The highest BCUT2D eigenvalue weighted by atomic mass is 16.6. The van der Waals surface area contributed by atoms with Crippen molar-refractivity contribution in [1.29, 1.82) is 0 Å². The molecule has 1 heterocycles. The monoisotopic (exact) mass is 369 g/mol. The number of aromatic nitrogens is 1. The fraction of sp³-hybridized carbons (Fsp3) is 0.211. The quantitative estimate of drug-likeness (QED) is 0.522. The van der Waals surface area contributed by atoms with Crippen molar-refractivity contribution in [2.24, 2.45) is 0 Å². The van der Waals surface area contributed by atoms with Crippen molar-refractivity contribution >= 4 is 28.2 Å². The fourth-order valence-corrected chi connectivity index (χ4v) is 3.08. The number of benzene rings is 2. The van der Waals surface area contributed by atoms with E-state index in [1.807, 2.05) is 6.92 Å². The number of carbonyl (C=O) groups is 1. The van der Waals surface area contributed by atoms with Gasteiger partial charge >= 0.3 is 0 Å². The summed E-state index contributed by atoms with van der Waals surface area (Å²) in [6.07, 6.45) is 0. The number of nitro groups is 1. The molecule has 1 aromatic heterocycles. The van der Waals surface area contributed by atoms with Gasteiger partial charge < -0.3 is 19.8 Å². The standard InChI is InChI=1S/C19H19N3O5/c1-10-13-7-12(22(24)25)5-6-15(13)21-19(10)14-8-17(26-3)18(27-4)9-16(14)20-11(2)23/h5-9,21H,1-4H3,(H,20,23). The summed E-state index contributed by atoms with van der Waals surface area (Å²) in [5.74, 6) is 0.757. The summed E-state index contributed by atoms with van der Waals surface area (Å²) in [5, 5.41) is 14.6. The summed E-state index contributed by atoms with van der Waals surface area (Å²) in [6, 6.07) is 8.09. The van der Waals surface area contributed by atoms with Crippen molar-refractivity contribution in [3.05, 3.63) is 46.0 Å². The molecule has 3 aromatic rings. The molecule has 0 fully saturated rings. The van der Waals surface area contributed by atoms with Gasteiger partial charge in [-0.2, -0.15) is 0 Å². The van der Waals surface area contributed by atoms with Crippen molar-refractivity contribution in [2.45, 2.75) is 13.8 Å². The van der Waals surface area contributed by atoms with Crippen molar-refractivity contribution in [3.8, 4) is 22.8 Å². The number of carbonyl (C=O) groups excluding carboxylic acids is 1. The fourth-order valence-electron chi connectivity index (χ4n) is 3.08. The highest BCUT2D eigenvalue weighted by Crippen LogP contribution is 2.41. The third-order valence-electron chi connectivity index (χ3n) is 4.36. The number of rotatable bonds is 5. The lowest BCUT2D eigenvalue weighted by molar-refractivity contribution is -0.384. The van der Waals surface area contributed by atoms with Crippen LogP contribution in [0.3, 0.4) is 0 Å². The molecule has 0 radical (unpaired) electrons. The Labute approximate surface area is 155 Å². The van der Waals surface area contributed by atoms with E-state index in [9.17, 15) is 14.9 Å². The predicted octanol–water partition coefficient (Wildman–Crippen LogP) is 4.03. The number of hydrogen-bond acceptors (Lipinski definition) is 5. The zero-order valence-electron chi connectivity index (χ0n) is 15.4. The van der Waals surface area contributed by atoms with E-state index in [2.05, 4.69) is 10.3 Å². The summed E-state index contributed by atoms with van der Waals surface area (Å²) in [5.41, 5.74) is 3.58.